The maximum absolute atomic E-state index is 5.54. The number of hydrogen-bond acceptors (Lipinski definition) is 2. The Balaban J connectivity index is 2.87. The summed E-state index contributed by atoms with van der Waals surface area (Å²) in [5, 5.41) is 3.38. The van der Waals surface area contributed by atoms with Crippen LogP contribution in [0.5, 0.6) is 0 Å². The van der Waals surface area contributed by atoms with Crippen LogP contribution in [0.25, 0.3) is 0 Å². The molecule has 0 amide bonds. The molecule has 0 spiro atoms. The SMILES string of the molecule is CCC(OC)C(Cc1c(C)cccc1C)NC. The molecule has 2 atom stereocenters. The van der Waals surface area contributed by atoms with Crippen molar-refractivity contribution in [1.29, 1.82) is 0 Å². The number of ether oxygens (including phenoxy) is 1. The van der Waals surface area contributed by atoms with Crippen LogP contribution >= 0.6 is 0 Å². The Hall–Kier alpha value is -0.860. The van der Waals surface area contributed by atoms with Crippen molar-refractivity contribution in [3.8, 4) is 0 Å². The molecule has 0 saturated carbocycles. The lowest BCUT2D eigenvalue weighted by molar-refractivity contribution is 0.0677. The summed E-state index contributed by atoms with van der Waals surface area (Å²) in [6.07, 6.45) is 2.34. The first-order valence-corrected chi connectivity index (χ1v) is 6.39. The predicted molar refractivity (Wildman–Crippen MR) is 73.6 cm³/mol. The quantitative estimate of drug-likeness (QED) is 0.818. The minimum atomic E-state index is 0.277. The van der Waals surface area contributed by atoms with E-state index >= 15 is 0 Å². The van der Waals surface area contributed by atoms with Crippen LogP contribution in [0.15, 0.2) is 18.2 Å². The third-order valence-electron chi connectivity index (χ3n) is 3.59. The highest BCUT2D eigenvalue weighted by atomic mass is 16.5. The number of methoxy groups -OCH3 is 1. The minimum absolute atomic E-state index is 0.277. The summed E-state index contributed by atoms with van der Waals surface area (Å²) in [6, 6.07) is 6.87. The minimum Gasteiger partial charge on any atom is -0.380 e. The summed E-state index contributed by atoms with van der Waals surface area (Å²) in [4.78, 5) is 0. The van der Waals surface area contributed by atoms with Crippen molar-refractivity contribution >= 4 is 0 Å². The Labute approximate surface area is 105 Å². The molecule has 0 aliphatic rings. The van der Waals surface area contributed by atoms with E-state index < -0.39 is 0 Å². The Morgan fingerprint density at radius 2 is 1.82 bits per heavy atom. The van der Waals surface area contributed by atoms with E-state index in [0.717, 1.165) is 12.8 Å². The standard InChI is InChI=1S/C15H25NO/c1-6-15(17-5)14(16-4)10-13-11(2)8-7-9-12(13)3/h7-9,14-16H,6,10H2,1-5H3. The summed E-state index contributed by atoms with van der Waals surface area (Å²) in [7, 11) is 3.81. The van der Waals surface area contributed by atoms with Crippen LogP contribution in [0.2, 0.25) is 0 Å². The van der Waals surface area contributed by atoms with Crippen molar-refractivity contribution in [2.45, 2.75) is 45.8 Å². The number of aryl methyl sites for hydroxylation is 2. The van der Waals surface area contributed by atoms with Gasteiger partial charge in [-0.25, -0.2) is 0 Å². The zero-order chi connectivity index (χ0) is 12.8. The van der Waals surface area contributed by atoms with Crippen molar-refractivity contribution in [2.75, 3.05) is 14.2 Å². The van der Waals surface area contributed by atoms with Crippen LogP contribution in [-0.2, 0) is 11.2 Å². The van der Waals surface area contributed by atoms with Crippen molar-refractivity contribution in [3.05, 3.63) is 34.9 Å². The molecule has 1 N–H and O–H groups in total. The molecule has 2 heteroatoms. The van der Waals surface area contributed by atoms with Gasteiger partial charge in [0.25, 0.3) is 0 Å². The summed E-state index contributed by atoms with van der Waals surface area (Å²) in [5.41, 5.74) is 4.19. The molecule has 0 bridgehead atoms. The lowest BCUT2D eigenvalue weighted by atomic mass is 9.93. The molecular formula is C15H25NO. The van der Waals surface area contributed by atoms with E-state index in [1.165, 1.54) is 16.7 Å². The van der Waals surface area contributed by atoms with Crippen LogP contribution in [-0.4, -0.2) is 26.3 Å². The molecule has 2 unspecified atom stereocenters. The maximum Gasteiger partial charge on any atom is 0.0724 e. The molecule has 0 aliphatic heterocycles. The van der Waals surface area contributed by atoms with Crippen molar-refractivity contribution in [3.63, 3.8) is 0 Å². The first kappa shape index (κ1) is 14.2. The van der Waals surface area contributed by atoms with Gasteiger partial charge in [0.1, 0.15) is 0 Å². The third kappa shape index (κ3) is 3.55. The third-order valence-corrected chi connectivity index (χ3v) is 3.59. The fourth-order valence-corrected chi connectivity index (χ4v) is 2.43. The van der Waals surface area contributed by atoms with Crippen molar-refractivity contribution in [2.24, 2.45) is 0 Å². The molecule has 2 nitrogen and oxygen atoms in total. The monoisotopic (exact) mass is 235 g/mol. The van der Waals surface area contributed by atoms with Gasteiger partial charge in [0.2, 0.25) is 0 Å². The lowest BCUT2D eigenvalue weighted by Gasteiger charge is -2.26. The second-order valence-electron chi connectivity index (χ2n) is 4.65. The molecule has 0 aliphatic carbocycles. The first-order valence-electron chi connectivity index (χ1n) is 6.39. The molecule has 17 heavy (non-hydrogen) atoms. The Morgan fingerprint density at radius 3 is 2.24 bits per heavy atom. The lowest BCUT2D eigenvalue weighted by Crippen LogP contribution is -2.40. The highest BCUT2D eigenvalue weighted by Crippen LogP contribution is 2.18. The highest BCUT2D eigenvalue weighted by molar-refractivity contribution is 5.34. The molecule has 0 fully saturated rings. The number of hydrogen-bond donors (Lipinski definition) is 1. The first-order chi connectivity index (χ1) is 8.13. The fourth-order valence-electron chi connectivity index (χ4n) is 2.43. The molecule has 0 heterocycles. The normalized spacial score (nSPS) is 14.6. The highest BCUT2D eigenvalue weighted by Gasteiger charge is 2.19. The smallest absolute Gasteiger partial charge is 0.0724 e. The number of likely N-dealkylation sites (N-methyl/N-ethyl adjacent to an activating group) is 1. The van der Waals surface area contributed by atoms with Gasteiger partial charge in [-0.3, -0.25) is 0 Å². The van der Waals surface area contributed by atoms with E-state index in [4.69, 9.17) is 4.74 Å². The Bertz CT molecular complexity index is 325. The van der Waals surface area contributed by atoms with E-state index in [-0.39, 0.29) is 6.10 Å². The molecule has 0 saturated heterocycles. The summed E-state index contributed by atoms with van der Waals surface area (Å²) < 4.78 is 5.54. The zero-order valence-corrected chi connectivity index (χ0v) is 11.7. The van der Waals surface area contributed by atoms with Crippen LogP contribution in [0.4, 0.5) is 0 Å². The Morgan fingerprint density at radius 1 is 1.24 bits per heavy atom. The fraction of sp³-hybridized carbons (Fsp3) is 0.600. The molecule has 1 aromatic rings. The second-order valence-corrected chi connectivity index (χ2v) is 4.65. The van der Waals surface area contributed by atoms with Gasteiger partial charge in [-0.1, -0.05) is 25.1 Å². The predicted octanol–water partition coefficient (Wildman–Crippen LogP) is 2.86. The van der Waals surface area contributed by atoms with Gasteiger partial charge in [-0.15, -0.1) is 0 Å². The van der Waals surface area contributed by atoms with Crippen LogP contribution in [0.3, 0.4) is 0 Å². The maximum atomic E-state index is 5.54. The van der Waals surface area contributed by atoms with Crippen LogP contribution in [0.1, 0.15) is 30.0 Å². The summed E-state index contributed by atoms with van der Waals surface area (Å²) in [5.74, 6) is 0. The topological polar surface area (TPSA) is 21.3 Å². The van der Waals surface area contributed by atoms with E-state index in [0.29, 0.717) is 6.04 Å². The molecule has 1 rings (SSSR count). The van der Waals surface area contributed by atoms with Gasteiger partial charge in [-0.2, -0.15) is 0 Å². The second kappa shape index (κ2) is 6.77. The molecule has 0 aromatic heterocycles. The largest absolute Gasteiger partial charge is 0.380 e. The van der Waals surface area contributed by atoms with E-state index in [2.05, 4.69) is 44.3 Å². The van der Waals surface area contributed by atoms with E-state index in [1.807, 2.05) is 7.05 Å². The molecule has 1 aromatic carbocycles. The number of nitrogens with one attached hydrogen (secondary N) is 1. The summed E-state index contributed by atoms with van der Waals surface area (Å²) in [6.45, 7) is 6.54. The van der Waals surface area contributed by atoms with Gasteiger partial charge in [0.05, 0.1) is 6.10 Å². The zero-order valence-electron chi connectivity index (χ0n) is 11.7. The van der Waals surface area contributed by atoms with Crippen molar-refractivity contribution < 1.29 is 4.74 Å². The van der Waals surface area contributed by atoms with Crippen LogP contribution < -0.4 is 5.32 Å². The average molecular weight is 235 g/mol. The van der Waals surface area contributed by atoms with Gasteiger partial charge in [0, 0.05) is 13.2 Å². The Kier molecular flexibility index (Phi) is 5.66. The van der Waals surface area contributed by atoms with Gasteiger partial charge in [-0.05, 0) is 50.4 Å². The molecular weight excluding hydrogens is 210 g/mol. The molecule has 96 valence electrons. The van der Waals surface area contributed by atoms with E-state index in [1.54, 1.807) is 7.11 Å². The average Bonchev–Trinajstić information content (AvgIpc) is 2.33. The number of benzene rings is 1. The van der Waals surface area contributed by atoms with E-state index in [9.17, 15) is 0 Å². The summed E-state index contributed by atoms with van der Waals surface area (Å²) >= 11 is 0. The number of rotatable bonds is 6. The van der Waals surface area contributed by atoms with Gasteiger partial charge < -0.3 is 10.1 Å². The van der Waals surface area contributed by atoms with Crippen molar-refractivity contribution in [1.82, 2.24) is 5.32 Å². The molecule has 0 radical (unpaired) electrons. The van der Waals surface area contributed by atoms with Crippen LogP contribution in [0, 0.1) is 13.8 Å². The van der Waals surface area contributed by atoms with Gasteiger partial charge >= 0.3 is 0 Å². The van der Waals surface area contributed by atoms with Gasteiger partial charge in [0.15, 0.2) is 0 Å².